The second kappa shape index (κ2) is 5.13. The van der Waals surface area contributed by atoms with Crippen molar-refractivity contribution in [3.8, 4) is 0 Å². The molecule has 0 unspecified atom stereocenters. The van der Waals surface area contributed by atoms with E-state index in [9.17, 15) is 9.59 Å². The molecule has 1 aromatic carbocycles. The van der Waals surface area contributed by atoms with Crippen LogP contribution in [-0.4, -0.2) is 22.1 Å². The summed E-state index contributed by atoms with van der Waals surface area (Å²) in [4.78, 5) is 22.6. The van der Waals surface area contributed by atoms with Gasteiger partial charge in [-0.1, -0.05) is 23.4 Å². The van der Waals surface area contributed by atoms with Gasteiger partial charge in [0.2, 0.25) is 5.91 Å². The highest BCUT2D eigenvalue weighted by Crippen LogP contribution is 2.11. The Morgan fingerprint density at radius 2 is 2.06 bits per heavy atom. The summed E-state index contributed by atoms with van der Waals surface area (Å²) < 4.78 is 4.57. The predicted octanol–water partition coefficient (Wildman–Crippen LogP) is 1.55. The first-order valence-corrected chi connectivity index (χ1v) is 5.18. The number of amides is 1. The Hall–Kier alpha value is -2.63. The number of hydrogen-bond donors (Lipinski definition) is 2. The molecule has 1 aromatic heterocycles. The summed E-state index contributed by atoms with van der Waals surface area (Å²) in [7, 11) is 0. The summed E-state index contributed by atoms with van der Waals surface area (Å²) >= 11 is 0. The van der Waals surface area contributed by atoms with Crippen molar-refractivity contribution in [3.05, 3.63) is 47.7 Å². The van der Waals surface area contributed by atoms with E-state index in [0.717, 1.165) is 0 Å². The van der Waals surface area contributed by atoms with Crippen LogP contribution in [0.25, 0.3) is 0 Å². The average Bonchev–Trinajstić information content (AvgIpc) is 2.82. The third kappa shape index (κ3) is 2.73. The van der Waals surface area contributed by atoms with Crippen LogP contribution < -0.4 is 5.32 Å². The number of carbonyl (C=O) groups excluding carboxylic acids is 1. The van der Waals surface area contributed by atoms with Crippen LogP contribution in [0.4, 0.5) is 5.82 Å². The Bertz CT molecular complexity index is 563. The van der Waals surface area contributed by atoms with Crippen molar-refractivity contribution in [1.82, 2.24) is 5.16 Å². The number of benzene rings is 1. The maximum absolute atomic E-state index is 11.7. The van der Waals surface area contributed by atoms with E-state index in [-0.39, 0.29) is 17.9 Å². The minimum absolute atomic E-state index is 0.0324. The molecular formula is C12H10N2O4. The van der Waals surface area contributed by atoms with E-state index < -0.39 is 5.97 Å². The van der Waals surface area contributed by atoms with E-state index in [1.54, 1.807) is 18.2 Å². The zero-order valence-corrected chi connectivity index (χ0v) is 9.29. The van der Waals surface area contributed by atoms with Crippen LogP contribution >= 0.6 is 0 Å². The van der Waals surface area contributed by atoms with E-state index in [4.69, 9.17) is 5.11 Å². The summed E-state index contributed by atoms with van der Waals surface area (Å²) in [6.45, 7) is 0. The topological polar surface area (TPSA) is 92.4 Å². The fourth-order valence-electron chi connectivity index (χ4n) is 1.52. The fraction of sp³-hybridized carbons (Fsp3) is 0.0833. The zero-order chi connectivity index (χ0) is 13.0. The number of anilines is 1. The van der Waals surface area contributed by atoms with E-state index in [2.05, 4.69) is 15.0 Å². The molecule has 18 heavy (non-hydrogen) atoms. The highest BCUT2D eigenvalue weighted by atomic mass is 16.5. The van der Waals surface area contributed by atoms with Gasteiger partial charge in [0.15, 0.2) is 5.82 Å². The number of nitrogens with zero attached hydrogens (tertiary/aromatic N) is 1. The summed E-state index contributed by atoms with van der Waals surface area (Å²) in [6.07, 6.45) is 1.30. The van der Waals surface area contributed by atoms with Gasteiger partial charge in [0.1, 0.15) is 6.26 Å². The molecule has 0 fully saturated rings. The number of carboxylic acid groups (broad SMARTS) is 1. The van der Waals surface area contributed by atoms with Crippen LogP contribution in [0.15, 0.2) is 41.1 Å². The van der Waals surface area contributed by atoms with Crippen molar-refractivity contribution >= 4 is 17.7 Å². The van der Waals surface area contributed by atoms with Crippen molar-refractivity contribution in [2.75, 3.05) is 5.32 Å². The van der Waals surface area contributed by atoms with Crippen LogP contribution in [0, 0.1) is 0 Å². The van der Waals surface area contributed by atoms with Crippen molar-refractivity contribution < 1.29 is 19.2 Å². The van der Waals surface area contributed by atoms with Crippen LogP contribution in [0.1, 0.15) is 15.9 Å². The number of hydrogen-bond acceptors (Lipinski definition) is 4. The van der Waals surface area contributed by atoms with Crippen molar-refractivity contribution in [1.29, 1.82) is 0 Å². The minimum atomic E-state index is -1.06. The Balaban J connectivity index is 2.09. The second-order valence-electron chi connectivity index (χ2n) is 3.57. The Morgan fingerprint density at radius 1 is 1.28 bits per heavy atom. The van der Waals surface area contributed by atoms with Crippen molar-refractivity contribution in [2.24, 2.45) is 0 Å². The van der Waals surface area contributed by atoms with Gasteiger partial charge in [0, 0.05) is 6.07 Å². The largest absolute Gasteiger partial charge is 0.478 e. The molecule has 1 amide bonds. The molecule has 0 bridgehead atoms. The number of nitrogens with one attached hydrogen (secondary N) is 1. The minimum Gasteiger partial charge on any atom is -0.478 e. The summed E-state index contributed by atoms with van der Waals surface area (Å²) in [5.41, 5.74) is 0.568. The first-order valence-electron chi connectivity index (χ1n) is 5.18. The molecule has 92 valence electrons. The number of aromatic carboxylic acids is 1. The second-order valence-corrected chi connectivity index (χ2v) is 3.57. The highest BCUT2D eigenvalue weighted by Gasteiger charge is 2.13. The van der Waals surface area contributed by atoms with Gasteiger partial charge in [-0.25, -0.2) is 4.79 Å². The quantitative estimate of drug-likeness (QED) is 0.853. The Kier molecular flexibility index (Phi) is 3.38. The van der Waals surface area contributed by atoms with Gasteiger partial charge in [-0.15, -0.1) is 0 Å². The first-order chi connectivity index (χ1) is 8.66. The Labute approximate surface area is 102 Å². The first kappa shape index (κ1) is 11.8. The number of carboxylic acids is 1. The molecule has 0 spiro atoms. The molecule has 0 saturated heterocycles. The molecular weight excluding hydrogens is 236 g/mol. The zero-order valence-electron chi connectivity index (χ0n) is 9.29. The van der Waals surface area contributed by atoms with Crippen LogP contribution in [-0.2, 0) is 11.2 Å². The van der Waals surface area contributed by atoms with E-state index in [1.165, 1.54) is 18.4 Å². The van der Waals surface area contributed by atoms with E-state index in [0.29, 0.717) is 11.4 Å². The van der Waals surface area contributed by atoms with Gasteiger partial charge < -0.3 is 14.9 Å². The van der Waals surface area contributed by atoms with Crippen LogP contribution in [0.5, 0.6) is 0 Å². The number of carbonyl (C=O) groups is 2. The molecule has 0 saturated carbocycles. The molecule has 2 N–H and O–H groups in total. The summed E-state index contributed by atoms with van der Waals surface area (Å²) in [6, 6.07) is 7.86. The SMILES string of the molecule is O=C(Cc1ccccc1C(=O)O)Nc1ccon1. The third-order valence-electron chi connectivity index (χ3n) is 2.30. The van der Waals surface area contributed by atoms with Crippen molar-refractivity contribution in [2.45, 2.75) is 6.42 Å². The number of aromatic nitrogens is 1. The number of rotatable bonds is 4. The molecule has 0 radical (unpaired) electrons. The molecule has 0 atom stereocenters. The maximum Gasteiger partial charge on any atom is 0.335 e. The van der Waals surface area contributed by atoms with Gasteiger partial charge in [-0.2, -0.15) is 0 Å². The highest BCUT2D eigenvalue weighted by molar-refractivity contribution is 5.95. The standard InChI is InChI=1S/C12H10N2O4/c15-11(13-10-5-6-18-14-10)7-8-3-1-2-4-9(8)12(16)17/h1-6H,7H2,(H,16,17)(H,13,14,15). The summed E-state index contributed by atoms with van der Waals surface area (Å²) in [5.74, 6) is -1.11. The molecule has 6 heteroatoms. The molecule has 0 aliphatic carbocycles. The lowest BCUT2D eigenvalue weighted by Crippen LogP contribution is -2.16. The maximum atomic E-state index is 11.7. The predicted molar refractivity (Wildman–Crippen MR) is 62.2 cm³/mol. The third-order valence-corrected chi connectivity index (χ3v) is 2.30. The fourth-order valence-corrected chi connectivity index (χ4v) is 1.52. The van der Waals surface area contributed by atoms with E-state index >= 15 is 0 Å². The van der Waals surface area contributed by atoms with Gasteiger partial charge in [0.05, 0.1) is 12.0 Å². The molecule has 2 rings (SSSR count). The monoisotopic (exact) mass is 246 g/mol. The van der Waals surface area contributed by atoms with Gasteiger partial charge >= 0.3 is 5.97 Å². The lowest BCUT2D eigenvalue weighted by Gasteiger charge is -2.05. The van der Waals surface area contributed by atoms with Crippen molar-refractivity contribution in [3.63, 3.8) is 0 Å². The van der Waals surface area contributed by atoms with Gasteiger partial charge in [-0.05, 0) is 11.6 Å². The van der Waals surface area contributed by atoms with Gasteiger partial charge in [-0.3, -0.25) is 4.79 Å². The average molecular weight is 246 g/mol. The lowest BCUT2D eigenvalue weighted by atomic mass is 10.0. The van der Waals surface area contributed by atoms with Crippen LogP contribution in [0.3, 0.4) is 0 Å². The smallest absolute Gasteiger partial charge is 0.335 e. The van der Waals surface area contributed by atoms with Gasteiger partial charge in [0.25, 0.3) is 0 Å². The summed E-state index contributed by atoms with van der Waals surface area (Å²) in [5, 5.41) is 15.0. The molecule has 0 aliphatic heterocycles. The van der Waals surface area contributed by atoms with E-state index in [1.807, 2.05) is 0 Å². The molecule has 1 heterocycles. The molecule has 6 nitrogen and oxygen atoms in total. The lowest BCUT2D eigenvalue weighted by molar-refractivity contribution is -0.115. The van der Waals surface area contributed by atoms with Crippen LogP contribution in [0.2, 0.25) is 0 Å². The Morgan fingerprint density at radius 3 is 2.72 bits per heavy atom. The molecule has 0 aliphatic rings. The normalized spacial score (nSPS) is 10.0. The molecule has 2 aromatic rings.